The van der Waals surface area contributed by atoms with Crippen molar-refractivity contribution in [2.45, 2.75) is 39.5 Å². The van der Waals surface area contributed by atoms with Crippen molar-refractivity contribution in [3.8, 4) is 22.3 Å². The number of aryl methyl sites for hydroxylation is 4. The maximum absolute atomic E-state index is 14.9. The summed E-state index contributed by atoms with van der Waals surface area (Å²) in [5.74, 6) is -0.182. The minimum absolute atomic E-state index is 0.182. The summed E-state index contributed by atoms with van der Waals surface area (Å²) in [6.07, 6.45) is 4.33. The summed E-state index contributed by atoms with van der Waals surface area (Å²) in [6, 6.07) is 31.0. The Morgan fingerprint density at radius 3 is 1.58 bits per heavy atom. The van der Waals surface area contributed by atoms with Gasteiger partial charge in [-0.3, -0.25) is 0 Å². The van der Waals surface area contributed by atoms with E-state index in [1.54, 1.807) is 6.07 Å². The molecule has 0 aromatic heterocycles. The quantitative estimate of drug-likeness (QED) is 0.289. The van der Waals surface area contributed by atoms with E-state index in [1.807, 2.05) is 36.4 Å². The molecule has 4 aromatic rings. The molecule has 0 amide bonds. The molecule has 1 heteroatoms. The lowest BCUT2D eigenvalue weighted by atomic mass is 9.97. The highest BCUT2D eigenvalue weighted by Crippen LogP contribution is 2.28. The molecular weight excluding hydrogens is 379 g/mol. The summed E-state index contributed by atoms with van der Waals surface area (Å²) in [5, 5.41) is 0. The molecule has 0 radical (unpaired) electrons. The lowest BCUT2D eigenvalue weighted by molar-refractivity contribution is 0.632. The Hall–Kier alpha value is -3.19. The van der Waals surface area contributed by atoms with Crippen molar-refractivity contribution in [3.63, 3.8) is 0 Å². The van der Waals surface area contributed by atoms with Gasteiger partial charge in [0, 0.05) is 5.56 Å². The van der Waals surface area contributed by atoms with Crippen LogP contribution in [0.4, 0.5) is 4.39 Å². The topological polar surface area (TPSA) is 0 Å². The van der Waals surface area contributed by atoms with Crippen LogP contribution in [-0.2, 0) is 19.3 Å². The molecule has 0 fully saturated rings. The molecule has 0 bridgehead atoms. The Balaban J connectivity index is 1.43. The summed E-state index contributed by atoms with van der Waals surface area (Å²) in [6.45, 7) is 4.27. The van der Waals surface area contributed by atoms with Gasteiger partial charge in [-0.15, -0.1) is 0 Å². The van der Waals surface area contributed by atoms with Crippen LogP contribution >= 0.6 is 0 Å². The molecule has 0 saturated heterocycles. The van der Waals surface area contributed by atoms with Gasteiger partial charge in [-0.2, -0.15) is 0 Å². The number of benzene rings is 4. The van der Waals surface area contributed by atoms with Crippen LogP contribution in [0.5, 0.6) is 0 Å². The fourth-order valence-corrected chi connectivity index (χ4v) is 3.98. The lowest BCUT2D eigenvalue weighted by Crippen LogP contribution is -1.93. The summed E-state index contributed by atoms with van der Waals surface area (Å²) in [5.41, 5.74) is 8.76. The van der Waals surface area contributed by atoms with Crippen molar-refractivity contribution < 1.29 is 4.39 Å². The molecule has 0 aliphatic carbocycles. The standard InChI is InChI=1S/C30H29F/c1-3-4-23-7-9-24(10-8-23)11-12-25-13-17-27(18-14-25)29-20-19-28(21-30(29)31)26-15-5-22(2)6-16-26/h5-10,13-21H,3-4,11-12H2,1-2H3. The number of halogens is 1. The Bertz CT molecular complexity index is 1120. The van der Waals surface area contributed by atoms with Crippen LogP contribution in [0.25, 0.3) is 22.3 Å². The van der Waals surface area contributed by atoms with Crippen LogP contribution in [0.1, 0.15) is 35.6 Å². The van der Waals surface area contributed by atoms with Crippen LogP contribution in [0, 0.1) is 12.7 Å². The van der Waals surface area contributed by atoms with Gasteiger partial charge in [0.05, 0.1) is 0 Å². The molecule has 4 aromatic carbocycles. The molecule has 0 heterocycles. The highest BCUT2D eigenvalue weighted by atomic mass is 19.1. The molecule has 31 heavy (non-hydrogen) atoms. The van der Waals surface area contributed by atoms with Crippen molar-refractivity contribution in [1.82, 2.24) is 0 Å². The van der Waals surface area contributed by atoms with E-state index in [0.29, 0.717) is 5.56 Å². The van der Waals surface area contributed by atoms with E-state index in [-0.39, 0.29) is 5.82 Å². The summed E-state index contributed by atoms with van der Waals surface area (Å²) in [7, 11) is 0. The SMILES string of the molecule is CCCc1ccc(CCc2ccc(-c3ccc(-c4ccc(C)cc4)cc3F)cc2)cc1. The van der Waals surface area contributed by atoms with Gasteiger partial charge >= 0.3 is 0 Å². The van der Waals surface area contributed by atoms with Gasteiger partial charge in [-0.1, -0.05) is 104 Å². The van der Waals surface area contributed by atoms with Gasteiger partial charge in [0.25, 0.3) is 0 Å². The molecule has 0 atom stereocenters. The van der Waals surface area contributed by atoms with Crippen molar-refractivity contribution in [3.05, 3.63) is 119 Å². The summed E-state index contributed by atoms with van der Waals surface area (Å²) >= 11 is 0. The number of hydrogen-bond acceptors (Lipinski definition) is 0. The zero-order chi connectivity index (χ0) is 21.6. The summed E-state index contributed by atoms with van der Waals surface area (Å²) in [4.78, 5) is 0. The van der Waals surface area contributed by atoms with Gasteiger partial charge in [0.2, 0.25) is 0 Å². The molecule has 156 valence electrons. The van der Waals surface area contributed by atoms with Crippen molar-refractivity contribution in [2.24, 2.45) is 0 Å². The van der Waals surface area contributed by atoms with E-state index < -0.39 is 0 Å². The Morgan fingerprint density at radius 2 is 1.03 bits per heavy atom. The highest BCUT2D eigenvalue weighted by Gasteiger charge is 2.08. The van der Waals surface area contributed by atoms with Crippen LogP contribution in [0.3, 0.4) is 0 Å². The first-order valence-corrected chi connectivity index (χ1v) is 11.2. The zero-order valence-corrected chi connectivity index (χ0v) is 18.4. The lowest BCUT2D eigenvalue weighted by Gasteiger charge is -2.09. The second kappa shape index (κ2) is 9.75. The molecular formula is C30H29F. The molecule has 0 aliphatic heterocycles. The van der Waals surface area contributed by atoms with Gasteiger partial charge in [0.1, 0.15) is 5.82 Å². The van der Waals surface area contributed by atoms with Crippen LogP contribution in [0.15, 0.2) is 91.0 Å². The first kappa shape index (κ1) is 21.1. The molecule has 0 nitrogen and oxygen atoms in total. The van der Waals surface area contributed by atoms with Crippen LogP contribution < -0.4 is 0 Å². The largest absolute Gasteiger partial charge is 0.206 e. The Kier molecular flexibility index (Phi) is 6.62. The first-order chi connectivity index (χ1) is 15.1. The minimum atomic E-state index is -0.182. The predicted molar refractivity (Wildman–Crippen MR) is 130 cm³/mol. The molecule has 0 spiro atoms. The minimum Gasteiger partial charge on any atom is -0.206 e. The first-order valence-electron chi connectivity index (χ1n) is 11.2. The average molecular weight is 409 g/mol. The van der Waals surface area contributed by atoms with Crippen LogP contribution in [-0.4, -0.2) is 0 Å². The molecule has 0 unspecified atom stereocenters. The third-order valence-electron chi connectivity index (χ3n) is 5.88. The van der Waals surface area contributed by atoms with Gasteiger partial charge in [-0.05, 0) is 65.6 Å². The molecule has 0 aliphatic rings. The van der Waals surface area contributed by atoms with Crippen molar-refractivity contribution in [2.75, 3.05) is 0 Å². The Morgan fingerprint density at radius 1 is 0.548 bits per heavy atom. The molecule has 4 rings (SSSR count). The van der Waals surface area contributed by atoms with Crippen molar-refractivity contribution in [1.29, 1.82) is 0 Å². The molecule has 0 saturated carbocycles. The number of rotatable bonds is 7. The van der Waals surface area contributed by atoms with Crippen LogP contribution in [0.2, 0.25) is 0 Å². The van der Waals surface area contributed by atoms with E-state index in [4.69, 9.17) is 0 Å². The van der Waals surface area contributed by atoms with Gasteiger partial charge in [-0.25, -0.2) is 4.39 Å². The fourth-order valence-electron chi connectivity index (χ4n) is 3.98. The second-order valence-corrected chi connectivity index (χ2v) is 8.32. The number of hydrogen-bond donors (Lipinski definition) is 0. The van der Waals surface area contributed by atoms with E-state index in [1.165, 1.54) is 28.7 Å². The predicted octanol–water partition coefficient (Wildman–Crippen LogP) is 8.21. The fraction of sp³-hybridized carbons (Fsp3) is 0.200. The summed E-state index contributed by atoms with van der Waals surface area (Å²) < 4.78 is 14.9. The van der Waals surface area contributed by atoms with Gasteiger partial charge < -0.3 is 0 Å². The van der Waals surface area contributed by atoms with E-state index in [9.17, 15) is 4.39 Å². The maximum atomic E-state index is 14.9. The van der Waals surface area contributed by atoms with E-state index >= 15 is 0 Å². The monoisotopic (exact) mass is 408 g/mol. The van der Waals surface area contributed by atoms with E-state index in [2.05, 4.69) is 62.4 Å². The molecule has 0 N–H and O–H groups in total. The third-order valence-corrected chi connectivity index (χ3v) is 5.88. The highest BCUT2D eigenvalue weighted by molar-refractivity contribution is 5.71. The third kappa shape index (κ3) is 5.30. The normalized spacial score (nSPS) is 10.9. The van der Waals surface area contributed by atoms with E-state index in [0.717, 1.165) is 36.0 Å². The zero-order valence-electron chi connectivity index (χ0n) is 18.4. The second-order valence-electron chi connectivity index (χ2n) is 8.32. The van der Waals surface area contributed by atoms with Crippen molar-refractivity contribution >= 4 is 0 Å². The smallest absolute Gasteiger partial charge is 0.131 e. The maximum Gasteiger partial charge on any atom is 0.131 e. The van der Waals surface area contributed by atoms with Gasteiger partial charge in [0.15, 0.2) is 0 Å². The average Bonchev–Trinajstić information content (AvgIpc) is 2.80. The Labute approximate surface area is 185 Å².